The van der Waals surface area contributed by atoms with Crippen molar-refractivity contribution in [3.8, 4) is 5.75 Å². The fraction of sp³-hybridized carbons (Fsp3) is 0.364. The maximum atomic E-state index is 11.9. The van der Waals surface area contributed by atoms with Crippen LogP contribution in [-0.2, 0) is 4.79 Å². The smallest absolute Gasteiger partial charge is 0.406 e. The largest absolute Gasteiger partial charge is 0.573 e. The lowest BCUT2D eigenvalue weighted by Gasteiger charge is -2.12. The minimum atomic E-state index is -4.72. The van der Waals surface area contributed by atoms with E-state index in [0.29, 0.717) is 18.7 Å². The van der Waals surface area contributed by atoms with E-state index in [4.69, 9.17) is 0 Å². The normalized spacial score (nSPS) is 19.2. The van der Waals surface area contributed by atoms with Gasteiger partial charge in [0, 0.05) is 12.2 Å². The zero-order valence-corrected chi connectivity index (χ0v) is 9.75. The van der Waals surface area contributed by atoms with Crippen molar-refractivity contribution in [3.05, 3.63) is 24.3 Å². The van der Waals surface area contributed by atoms with Crippen molar-refractivity contribution in [2.45, 2.75) is 18.8 Å². The number of ether oxygens (including phenoxy) is 1. The van der Waals surface area contributed by atoms with Crippen LogP contribution in [-0.4, -0.2) is 24.9 Å². The summed E-state index contributed by atoms with van der Waals surface area (Å²) in [5.74, 6) is -0.569. The highest BCUT2D eigenvalue weighted by Crippen LogP contribution is 2.24. The maximum absolute atomic E-state index is 11.9. The van der Waals surface area contributed by atoms with Crippen molar-refractivity contribution < 1.29 is 22.7 Å². The summed E-state index contributed by atoms with van der Waals surface area (Å²) in [5.41, 5.74) is 6.01. The number of halogens is 3. The van der Waals surface area contributed by atoms with Gasteiger partial charge in [-0.15, -0.1) is 13.2 Å². The van der Waals surface area contributed by atoms with Crippen molar-refractivity contribution in [1.29, 1.82) is 0 Å². The lowest BCUT2D eigenvalue weighted by atomic mass is 10.2. The van der Waals surface area contributed by atoms with Gasteiger partial charge in [0.1, 0.15) is 11.8 Å². The second-order valence-electron chi connectivity index (χ2n) is 3.97. The standard InChI is InChI=1S/C11H12F3N3O2/c12-11(13,14)19-8-3-1-7(2-4-8)16-10(18)9-5-6-15-17-9/h1-4,9,15,17H,5-6H2,(H,16,18). The predicted octanol–water partition coefficient (Wildman–Crippen LogP) is 1.39. The summed E-state index contributed by atoms with van der Waals surface area (Å²) in [7, 11) is 0. The fourth-order valence-corrected chi connectivity index (χ4v) is 1.65. The molecule has 1 fully saturated rings. The molecule has 0 bridgehead atoms. The molecule has 19 heavy (non-hydrogen) atoms. The second-order valence-corrected chi connectivity index (χ2v) is 3.97. The zero-order valence-electron chi connectivity index (χ0n) is 9.75. The molecular formula is C11H12F3N3O2. The quantitative estimate of drug-likeness (QED) is 0.780. The van der Waals surface area contributed by atoms with E-state index in [1.165, 1.54) is 12.1 Å². The molecule has 1 saturated heterocycles. The summed E-state index contributed by atoms with van der Waals surface area (Å²) in [6.45, 7) is 0.691. The summed E-state index contributed by atoms with van der Waals surface area (Å²) in [4.78, 5) is 11.7. The topological polar surface area (TPSA) is 62.4 Å². The molecule has 0 aliphatic carbocycles. The van der Waals surface area contributed by atoms with Crippen LogP contribution in [0, 0.1) is 0 Å². The van der Waals surface area contributed by atoms with Crippen molar-refractivity contribution >= 4 is 11.6 Å². The summed E-state index contributed by atoms with van der Waals surface area (Å²) < 4.78 is 39.6. The first-order valence-corrected chi connectivity index (χ1v) is 5.59. The molecule has 1 aliphatic heterocycles. The summed E-state index contributed by atoms with van der Waals surface area (Å²) in [5, 5.41) is 2.60. The SMILES string of the molecule is O=C(Nc1ccc(OC(F)(F)F)cc1)C1CCNN1. The van der Waals surface area contributed by atoms with Crippen LogP contribution in [0.1, 0.15) is 6.42 Å². The average Bonchev–Trinajstić information content (AvgIpc) is 2.83. The molecule has 1 aromatic carbocycles. The van der Waals surface area contributed by atoms with Crippen LogP contribution in [0.2, 0.25) is 0 Å². The lowest BCUT2D eigenvalue weighted by molar-refractivity contribution is -0.274. The predicted molar refractivity (Wildman–Crippen MR) is 61.3 cm³/mol. The van der Waals surface area contributed by atoms with E-state index < -0.39 is 6.36 Å². The van der Waals surface area contributed by atoms with Gasteiger partial charge >= 0.3 is 6.36 Å². The molecule has 2 rings (SSSR count). The van der Waals surface area contributed by atoms with Gasteiger partial charge in [0.2, 0.25) is 5.91 Å². The van der Waals surface area contributed by atoms with Gasteiger partial charge in [-0.2, -0.15) is 0 Å². The first-order valence-electron chi connectivity index (χ1n) is 5.59. The van der Waals surface area contributed by atoms with E-state index in [9.17, 15) is 18.0 Å². The highest BCUT2D eigenvalue weighted by molar-refractivity contribution is 5.94. The van der Waals surface area contributed by atoms with E-state index in [-0.39, 0.29) is 17.7 Å². The summed E-state index contributed by atoms with van der Waals surface area (Å²) in [6, 6.07) is 4.64. The number of nitrogens with one attached hydrogen (secondary N) is 3. The number of hydrazine groups is 1. The Morgan fingerprint density at radius 3 is 2.53 bits per heavy atom. The minimum absolute atomic E-state index is 0.241. The number of benzene rings is 1. The van der Waals surface area contributed by atoms with Crippen molar-refractivity contribution in [3.63, 3.8) is 0 Å². The van der Waals surface area contributed by atoms with Crippen molar-refractivity contribution in [2.75, 3.05) is 11.9 Å². The van der Waals surface area contributed by atoms with E-state index in [0.717, 1.165) is 12.1 Å². The number of carbonyl (C=O) groups excluding carboxylic acids is 1. The Morgan fingerprint density at radius 1 is 1.32 bits per heavy atom. The van der Waals surface area contributed by atoms with Crippen LogP contribution in [0.4, 0.5) is 18.9 Å². The molecule has 1 aliphatic rings. The number of hydrogen-bond donors (Lipinski definition) is 3. The third kappa shape index (κ3) is 4.11. The highest BCUT2D eigenvalue weighted by atomic mass is 19.4. The Labute approximate surface area is 107 Å². The maximum Gasteiger partial charge on any atom is 0.573 e. The molecule has 3 N–H and O–H groups in total. The van der Waals surface area contributed by atoms with Gasteiger partial charge in [0.15, 0.2) is 0 Å². The zero-order chi connectivity index (χ0) is 13.9. The Kier molecular flexibility index (Phi) is 3.91. The summed E-state index contributed by atoms with van der Waals surface area (Å²) >= 11 is 0. The Hall–Kier alpha value is -1.80. The Bertz CT molecular complexity index is 441. The van der Waals surface area contributed by atoms with Crippen LogP contribution in [0.15, 0.2) is 24.3 Å². The van der Waals surface area contributed by atoms with Crippen LogP contribution in [0.5, 0.6) is 5.75 Å². The molecule has 5 nitrogen and oxygen atoms in total. The number of rotatable bonds is 3. The van der Waals surface area contributed by atoms with E-state index in [2.05, 4.69) is 20.9 Å². The molecule has 0 saturated carbocycles. The number of alkyl halides is 3. The van der Waals surface area contributed by atoms with Crippen LogP contribution in [0.3, 0.4) is 0 Å². The number of anilines is 1. The molecule has 1 atom stereocenters. The number of amides is 1. The van der Waals surface area contributed by atoms with Gasteiger partial charge in [-0.3, -0.25) is 10.2 Å². The monoisotopic (exact) mass is 275 g/mol. The molecular weight excluding hydrogens is 263 g/mol. The Morgan fingerprint density at radius 2 is 2.00 bits per heavy atom. The molecule has 104 valence electrons. The molecule has 0 radical (unpaired) electrons. The fourth-order valence-electron chi connectivity index (χ4n) is 1.65. The van der Waals surface area contributed by atoms with Gasteiger partial charge in [-0.1, -0.05) is 0 Å². The third-order valence-electron chi connectivity index (χ3n) is 2.51. The van der Waals surface area contributed by atoms with Crippen molar-refractivity contribution in [2.24, 2.45) is 0 Å². The van der Waals surface area contributed by atoms with E-state index >= 15 is 0 Å². The van der Waals surface area contributed by atoms with Gasteiger partial charge in [0.05, 0.1) is 0 Å². The third-order valence-corrected chi connectivity index (χ3v) is 2.51. The van der Waals surface area contributed by atoms with Crippen molar-refractivity contribution in [1.82, 2.24) is 10.9 Å². The second kappa shape index (κ2) is 5.45. The van der Waals surface area contributed by atoms with Gasteiger partial charge in [-0.05, 0) is 30.7 Å². The first kappa shape index (κ1) is 13.6. The van der Waals surface area contributed by atoms with E-state index in [1.54, 1.807) is 0 Å². The molecule has 0 spiro atoms. The minimum Gasteiger partial charge on any atom is -0.406 e. The number of hydrogen-bond acceptors (Lipinski definition) is 4. The van der Waals surface area contributed by atoms with Gasteiger partial charge < -0.3 is 10.1 Å². The molecule has 1 heterocycles. The molecule has 1 unspecified atom stereocenters. The number of carbonyl (C=O) groups is 1. The molecule has 1 amide bonds. The average molecular weight is 275 g/mol. The summed E-state index contributed by atoms with van der Waals surface area (Å²) in [6.07, 6.45) is -4.06. The van der Waals surface area contributed by atoms with Gasteiger partial charge in [0.25, 0.3) is 0 Å². The van der Waals surface area contributed by atoms with Crippen LogP contribution < -0.4 is 20.9 Å². The highest BCUT2D eigenvalue weighted by Gasteiger charge is 2.31. The van der Waals surface area contributed by atoms with Crippen LogP contribution >= 0.6 is 0 Å². The lowest BCUT2D eigenvalue weighted by Crippen LogP contribution is -2.39. The van der Waals surface area contributed by atoms with E-state index in [1.807, 2.05) is 0 Å². The Balaban J connectivity index is 1.93. The first-order chi connectivity index (χ1) is 8.94. The van der Waals surface area contributed by atoms with Crippen LogP contribution in [0.25, 0.3) is 0 Å². The molecule has 0 aromatic heterocycles. The molecule has 8 heteroatoms. The van der Waals surface area contributed by atoms with Gasteiger partial charge in [-0.25, -0.2) is 5.43 Å². The molecule has 1 aromatic rings.